The normalized spacial score (nSPS) is 11.6. The summed E-state index contributed by atoms with van der Waals surface area (Å²) in [5, 5.41) is 6.61. The van der Waals surface area contributed by atoms with Gasteiger partial charge in [-0.2, -0.15) is 0 Å². The lowest BCUT2D eigenvalue weighted by Crippen LogP contribution is -2.39. The molecule has 1 heterocycles. The predicted molar refractivity (Wildman–Crippen MR) is 75.7 cm³/mol. The van der Waals surface area contributed by atoms with Gasteiger partial charge in [0, 0.05) is 39.1 Å². The SMILES string of the molecule is CCCCCCNC(=NC)NCCn1ccnc1. The number of aromatic nitrogens is 2. The van der Waals surface area contributed by atoms with Crippen LogP contribution in [0.3, 0.4) is 0 Å². The number of imidazole rings is 1. The first-order chi connectivity index (χ1) is 8.86. The van der Waals surface area contributed by atoms with E-state index in [0.717, 1.165) is 25.6 Å². The average Bonchev–Trinajstić information content (AvgIpc) is 2.89. The first-order valence-corrected chi connectivity index (χ1v) is 6.77. The van der Waals surface area contributed by atoms with Crippen molar-refractivity contribution >= 4 is 5.96 Å². The first kappa shape index (κ1) is 14.5. The molecule has 5 heteroatoms. The lowest BCUT2D eigenvalue weighted by Gasteiger charge is -2.11. The molecule has 0 aliphatic rings. The topological polar surface area (TPSA) is 54.2 Å². The van der Waals surface area contributed by atoms with Crippen LogP contribution in [0.25, 0.3) is 0 Å². The molecule has 0 atom stereocenters. The Bertz CT molecular complexity index is 318. The van der Waals surface area contributed by atoms with Gasteiger partial charge in [0.1, 0.15) is 0 Å². The third-order valence-electron chi connectivity index (χ3n) is 2.77. The van der Waals surface area contributed by atoms with Crippen molar-refractivity contribution in [1.82, 2.24) is 20.2 Å². The predicted octanol–water partition coefficient (Wildman–Crippen LogP) is 1.63. The van der Waals surface area contributed by atoms with E-state index in [0.29, 0.717) is 0 Å². The van der Waals surface area contributed by atoms with Crippen LogP contribution >= 0.6 is 0 Å². The second-order valence-electron chi connectivity index (χ2n) is 4.29. The van der Waals surface area contributed by atoms with Gasteiger partial charge < -0.3 is 15.2 Å². The Morgan fingerprint density at radius 3 is 2.72 bits per heavy atom. The lowest BCUT2D eigenvalue weighted by atomic mass is 10.2. The summed E-state index contributed by atoms with van der Waals surface area (Å²) in [7, 11) is 1.80. The van der Waals surface area contributed by atoms with Gasteiger partial charge in [0.05, 0.1) is 6.33 Å². The highest BCUT2D eigenvalue weighted by molar-refractivity contribution is 5.79. The molecule has 18 heavy (non-hydrogen) atoms. The van der Waals surface area contributed by atoms with Gasteiger partial charge in [-0.05, 0) is 6.42 Å². The zero-order valence-electron chi connectivity index (χ0n) is 11.5. The average molecular weight is 251 g/mol. The van der Waals surface area contributed by atoms with Crippen molar-refractivity contribution in [3.63, 3.8) is 0 Å². The van der Waals surface area contributed by atoms with Crippen molar-refractivity contribution in [3.8, 4) is 0 Å². The van der Waals surface area contributed by atoms with Crippen LogP contribution in [-0.2, 0) is 6.54 Å². The van der Waals surface area contributed by atoms with Crippen molar-refractivity contribution in [2.75, 3.05) is 20.1 Å². The number of aliphatic imine (C=N–C) groups is 1. The van der Waals surface area contributed by atoms with Crippen LogP contribution < -0.4 is 10.6 Å². The van der Waals surface area contributed by atoms with Gasteiger partial charge in [0.2, 0.25) is 0 Å². The van der Waals surface area contributed by atoms with Crippen LogP contribution in [0.1, 0.15) is 32.6 Å². The molecule has 0 aromatic carbocycles. The molecule has 102 valence electrons. The highest BCUT2D eigenvalue weighted by Gasteiger charge is 1.96. The molecule has 0 saturated heterocycles. The largest absolute Gasteiger partial charge is 0.356 e. The minimum atomic E-state index is 0.852. The Morgan fingerprint density at radius 2 is 2.06 bits per heavy atom. The van der Waals surface area contributed by atoms with Crippen LogP contribution in [0, 0.1) is 0 Å². The fraction of sp³-hybridized carbons (Fsp3) is 0.692. The van der Waals surface area contributed by atoms with Gasteiger partial charge >= 0.3 is 0 Å². The van der Waals surface area contributed by atoms with Crippen molar-refractivity contribution < 1.29 is 0 Å². The molecule has 1 rings (SSSR count). The minimum absolute atomic E-state index is 0.852. The van der Waals surface area contributed by atoms with Crippen LogP contribution in [0.4, 0.5) is 0 Å². The maximum atomic E-state index is 4.19. The summed E-state index contributed by atoms with van der Waals surface area (Å²) in [6, 6.07) is 0. The van der Waals surface area contributed by atoms with E-state index in [2.05, 4.69) is 27.5 Å². The zero-order valence-corrected chi connectivity index (χ0v) is 11.5. The molecule has 0 unspecified atom stereocenters. The number of unbranched alkanes of at least 4 members (excludes halogenated alkanes) is 3. The van der Waals surface area contributed by atoms with E-state index in [4.69, 9.17) is 0 Å². The number of guanidine groups is 1. The second-order valence-corrected chi connectivity index (χ2v) is 4.29. The van der Waals surface area contributed by atoms with E-state index >= 15 is 0 Å². The quantitative estimate of drug-likeness (QED) is 0.419. The maximum absolute atomic E-state index is 4.19. The molecule has 2 N–H and O–H groups in total. The van der Waals surface area contributed by atoms with Gasteiger partial charge in [-0.3, -0.25) is 4.99 Å². The van der Waals surface area contributed by atoms with Crippen LogP contribution in [0.15, 0.2) is 23.7 Å². The molecule has 0 aliphatic heterocycles. The summed E-state index contributed by atoms with van der Waals surface area (Å²) in [5.41, 5.74) is 0. The molecule has 0 bridgehead atoms. The van der Waals surface area contributed by atoms with Crippen LogP contribution in [0.2, 0.25) is 0 Å². The van der Waals surface area contributed by atoms with E-state index in [1.54, 1.807) is 13.2 Å². The van der Waals surface area contributed by atoms with E-state index in [-0.39, 0.29) is 0 Å². The Balaban J connectivity index is 2.06. The summed E-state index contributed by atoms with van der Waals surface area (Å²) < 4.78 is 2.04. The van der Waals surface area contributed by atoms with Crippen molar-refractivity contribution in [3.05, 3.63) is 18.7 Å². The number of nitrogens with zero attached hydrogens (tertiary/aromatic N) is 3. The molecule has 0 amide bonds. The summed E-state index contributed by atoms with van der Waals surface area (Å²) in [4.78, 5) is 8.20. The van der Waals surface area contributed by atoms with E-state index < -0.39 is 0 Å². The minimum Gasteiger partial charge on any atom is -0.356 e. The van der Waals surface area contributed by atoms with E-state index in [1.807, 2.05) is 17.1 Å². The first-order valence-electron chi connectivity index (χ1n) is 6.77. The molecule has 0 aliphatic carbocycles. The fourth-order valence-electron chi connectivity index (χ4n) is 1.70. The smallest absolute Gasteiger partial charge is 0.191 e. The molecule has 1 aromatic heterocycles. The Hall–Kier alpha value is -1.52. The molecule has 5 nitrogen and oxygen atoms in total. The van der Waals surface area contributed by atoms with Gasteiger partial charge in [-0.1, -0.05) is 26.2 Å². The van der Waals surface area contributed by atoms with E-state index in [9.17, 15) is 0 Å². The highest BCUT2D eigenvalue weighted by Crippen LogP contribution is 1.96. The lowest BCUT2D eigenvalue weighted by molar-refractivity contribution is 0.634. The molecular weight excluding hydrogens is 226 g/mol. The summed E-state index contributed by atoms with van der Waals surface area (Å²) >= 11 is 0. The standard InChI is InChI=1S/C13H25N5/c1-3-4-5-6-7-16-13(14-2)17-9-11-18-10-8-15-12-18/h8,10,12H,3-7,9,11H2,1-2H3,(H2,14,16,17). The van der Waals surface area contributed by atoms with Crippen molar-refractivity contribution in [2.45, 2.75) is 39.2 Å². The van der Waals surface area contributed by atoms with Crippen molar-refractivity contribution in [1.29, 1.82) is 0 Å². The molecule has 0 spiro atoms. The number of nitrogens with one attached hydrogen (secondary N) is 2. The zero-order chi connectivity index (χ0) is 13.1. The second kappa shape index (κ2) is 9.50. The Labute approximate surface area is 110 Å². The van der Waals surface area contributed by atoms with Gasteiger partial charge in [0.15, 0.2) is 5.96 Å². The van der Waals surface area contributed by atoms with Gasteiger partial charge in [0.25, 0.3) is 0 Å². The van der Waals surface area contributed by atoms with Gasteiger partial charge in [-0.25, -0.2) is 4.98 Å². The molecule has 0 fully saturated rings. The van der Waals surface area contributed by atoms with Crippen LogP contribution in [-0.4, -0.2) is 35.6 Å². The molecular formula is C13H25N5. The Kier molecular flexibility index (Phi) is 7.68. The molecule has 0 saturated carbocycles. The van der Waals surface area contributed by atoms with E-state index in [1.165, 1.54) is 25.7 Å². The highest BCUT2D eigenvalue weighted by atomic mass is 15.2. The van der Waals surface area contributed by atoms with Gasteiger partial charge in [-0.15, -0.1) is 0 Å². The van der Waals surface area contributed by atoms with Crippen molar-refractivity contribution in [2.24, 2.45) is 4.99 Å². The third-order valence-corrected chi connectivity index (χ3v) is 2.77. The fourth-order valence-corrected chi connectivity index (χ4v) is 1.70. The number of rotatable bonds is 8. The summed E-state index contributed by atoms with van der Waals surface area (Å²) in [6.07, 6.45) is 10.7. The van der Waals surface area contributed by atoms with Crippen LogP contribution in [0.5, 0.6) is 0 Å². The Morgan fingerprint density at radius 1 is 1.22 bits per heavy atom. The number of hydrogen-bond acceptors (Lipinski definition) is 2. The summed E-state index contributed by atoms with van der Waals surface area (Å²) in [6.45, 7) is 4.97. The third kappa shape index (κ3) is 6.27. The maximum Gasteiger partial charge on any atom is 0.191 e. The monoisotopic (exact) mass is 251 g/mol. The molecule has 0 radical (unpaired) electrons. The summed E-state index contributed by atoms with van der Waals surface area (Å²) in [5.74, 6) is 0.881. The number of hydrogen-bond donors (Lipinski definition) is 2. The molecule has 1 aromatic rings.